The van der Waals surface area contributed by atoms with E-state index in [0.29, 0.717) is 25.0 Å². The fourth-order valence-corrected chi connectivity index (χ4v) is 1.73. The van der Waals surface area contributed by atoms with Crippen LogP contribution in [0.3, 0.4) is 0 Å². The summed E-state index contributed by atoms with van der Waals surface area (Å²) in [6.45, 7) is 5.16. The second-order valence-electron chi connectivity index (χ2n) is 3.58. The van der Waals surface area contributed by atoms with Crippen molar-refractivity contribution in [1.29, 1.82) is 0 Å². The predicted molar refractivity (Wildman–Crippen MR) is 49.4 cm³/mol. The van der Waals surface area contributed by atoms with E-state index in [1.165, 1.54) is 0 Å². The van der Waals surface area contributed by atoms with E-state index < -0.39 is 0 Å². The Kier molecular flexibility index (Phi) is 4.22. The van der Waals surface area contributed by atoms with E-state index >= 15 is 0 Å². The van der Waals surface area contributed by atoms with Gasteiger partial charge in [-0.3, -0.25) is 4.79 Å². The normalized spacial score (nSPS) is 28.5. The Labute approximate surface area is 79.4 Å². The van der Waals surface area contributed by atoms with Crippen LogP contribution in [-0.2, 0) is 14.3 Å². The molecule has 0 aromatic carbocycles. The van der Waals surface area contributed by atoms with Crippen molar-refractivity contribution in [3.8, 4) is 0 Å². The highest BCUT2D eigenvalue weighted by molar-refractivity contribution is 5.69. The summed E-state index contributed by atoms with van der Waals surface area (Å²) in [5.74, 6) is 0.393. The van der Waals surface area contributed by atoms with Crippen molar-refractivity contribution in [2.24, 2.45) is 5.92 Å². The first-order valence-corrected chi connectivity index (χ1v) is 4.99. The molecule has 0 amide bonds. The summed E-state index contributed by atoms with van der Waals surface area (Å²) in [7, 11) is 0. The van der Waals surface area contributed by atoms with Crippen LogP contribution in [0.5, 0.6) is 0 Å². The van der Waals surface area contributed by atoms with Crippen LogP contribution < -0.4 is 0 Å². The molecular weight excluding hydrogens is 168 g/mol. The summed E-state index contributed by atoms with van der Waals surface area (Å²) >= 11 is 0. The fraction of sp³-hybridized carbons (Fsp3) is 0.900. The number of rotatable bonds is 3. The number of hydrogen-bond donors (Lipinski definition) is 0. The molecule has 2 unspecified atom stereocenters. The van der Waals surface area contributed by atoms with Crippen LogP contribution in [0.15, 0.2) is 0 Å². The Balaban J connectivity index is 2.23. The van der Waals surface area contributed by atoms with Crippen molar-refractivity contribution in [3.63, 3.8) is 0 Å². The molecule has 1 rings (SSSR count). The molecule has 1 saturated heterocycles. The molecule has 0 aromatic rings. The molecule has 1 aliphatic heterocycles. The summed E-state index contributed by atoms with van der Waals surface area (Å²) < 4.78 is 10.3. The zero-order valence-electron chi connectivity index (χ0n) is 8.41. The quantitative estimate of drug-likeness (QED) is 0.630. The van der Waals surface area contributed by atoms with Gasteiger partial charge in [0.05, 0.1) is 12.7 Å². The van der Waals surface area contributed by atoms with Crippen LogP contribution >= 0.6 is 0 Å². The minimum Gasteiger partial charge on any atom is -0.466 e. The van der Waals surface area contributed by atoms with E-state index in [1.807, 2.05) is 6.92 Å². The molecule has 1 fully saturated rings. The van der Waals surface area contributed by atoms with Crippen molar-refractivity contribution in [1.82, 2.24) is 0 Å². The van der Waals surface area contributed by atoms with Crippen LogP contribution in [0.25, 0.3) is 0 Å². The Hall–Kier alpha value is -0.570. The van der Waals surface area contributed by atoms with Crippen molar-refractivity contribution >= 4 is 5.97 Å². The predicted octanol–water partition coefficient (Wildman–Crippen LogP) is 1.75. The third-order valence-corrected chi connectivity index (χ3v) is 2.35. The van der Waals surface area contributed by atoms with E-state index in [1.54, 1.807) is 0 Å². The second kappa shape index (κ2) is 5.22. The van der Waals surface area contributed by atoms with Gasteiger partial charge < -0.3 is 9.47 Å². The van der Waals surface area contributed by atoms with Gasteiger partial charge >= 0.3 is 5.97 Å². The van der Waals surface area contributed by atoms with Gasteiger partial charge in [0.25, 0.3) is 0 Å². The average molecular weight is 186 g/mol. The number of ether oxygens (including phenoxy) is 2. The summed E-state index contributed by atoms with van der Waals surface area (Å²) in [6.07, 6.45) is 2.83. The maximum absolute atomic E-state index is 11.2. The van der Waals surface area contributed by atoms with Gasteiger partial charge in [-0.25, -0.2) is 0 Å². The number of carbonyl (C=O) groups is 1. The summed E-state index contributed by atoms with van der Waals surface area (Å²) in [5.41, 5.74) is 0. The third kappa shape index (κ3) is 3.77. The minimum atomic E-state index is -0.0680. The van der Waals surface area contributed by atoms with Crippen molar-refractivity contribution in [3.05, 3.63) is 0 Å². The zero-order valence-corrected chi connectivity index (χ0v) is 8.41. The van der Waals surface area contributed by atoms with Gasteiger partial charge in [-0.1, -0.05) is 0 Å². The second-order valence-corrected chi connectivity index (χ2v) is 3.58. The highest BCUT2D eigenvalue weighted by Crippen LogP contribution is 2.23. The van der Waals surface area contributed by atoms with Crippen LogP contribution in [0.1, 0.15) is 33.1 Å². The lowest BCUT2D eigenvalue weighted by atomic mass is 9.93. The van der Waals surface area contributed by atoms with E-state index in [9.17, 15) is 4.79 Å². The fourth-order valence-electron chi connectivity index (χ4n) is 1.73. The number of esters is 1. The largest absolute Gasteiger partial charge is 0.466 e. The standard InChI is InChI=1S/C10H18O3/c1-3-12-10(11)7-9-4-5-13-8(2)6-9/h8-9H,3-7H2,1-2H3. The minimum absolute atomic E-state index is 0.0680. The molecule has 13 heavy (non-hydrogen) atoms. The molecule has 2 atom stereocenters. The van der Waals surface area contributed by atoms with Gasteiger partial charge in [-0.05, 0) is 32.6 Å². The Morgan fingerprint density at radius 1 is 1.62 bits per heavy atom. The molecule has 0 aliphatic carbocycles. The molecule has 1 heterocycles. The third-order valence-electron chi connectivity index (χ3n) is 2.35. The van der Waals surface area contributed by atoms with Gasteiger partial charge in [-0.2, -0.15) is 0 Å². The van der Waals surface area contributed by atoms with E-state index in [0.717, 1.165) is 19.4 Å². The molecule has 0 saturated carbocycles. The van der Waals surface area contributed by atoms with Gasteiger partial charge in [0, 0.05) is 13.0 Å². The molecule has 0 radical (unpaired) electrons. The highest BCUT2D eigenvalue weighted by atomic mass is 16.5. The van der Waals surface area contributed by atoms with Gasteiger partial charge in [0.1, 0.15) is 0 Å². The smallest absolute Gasteiger partial charge is 0.306 e. The molecule has 0 N–H and O–H groups in total. The lowest BCUT2D eigenvalue weighted by Gasteiger charge is -2.26. The molecule has 0 aromatic heterocycles. The first kappa shape index (κ1) is 10.5. The van der Waals surface area contributed by atoms with Crippen molar-refractivity contribution < 1.29 is 14.3 Å². The Morgan fingerprint density at radius 3 is 3.00 bits per heavy atom. The topological polar surface area (TPSA) is 35.5 Å². The molecule has 0 bridgehead atoms. The van der Waals surface area contributed by atoms with E-state index in [4.69, 9.17) is 9.47 Å². The Morgan fingerprint density at radius 2 is 2.38 bits per heavy atom. The van der Waals surface area contributed by atoms with Crippen molar-refractivity contribution in [2.45, 2.75) is 39.2 Å². The molecule has 1 aliphatic rings. The highest BCUT2D eigenvalue weighted by Gasteiger charge is 2.21. The van der Waals surface area contributed by atoms with Gasteiger partial charge in [0.15, 0.2) is 0 Å². The van der Waals surface area contributed by atoms with Gasteiger partial charge in [0.2, 0.25) is 0 Å². The van der Waals surface area contributed by atoms with Crippen LogP contribution in [0, 0.1) is 5.92 Å². The molecule has 3 nitrogen and oxygen atoms in total. The van der Waals surface area contributed by atoms with Gasteiger partial charge in [-0.15, -0.1) is 0 Å². The van der Waals surface area contributed by atoms with Crippen LogP contribution in [0.4, 0.5) is 0 Å². The van der Waals surface area contributed by atoms with Crippen LogP contribution in [-0.4, -0.2) is 25.3 Å². The SMILES string of the molecule is CCOC(=O)CC1CCOC(C)C1. The first-order valence-electron chi connectivity index (χ1n) is 4.99. The average Bonchev–Trinajstić information content (AvgIpc) is 2.04. The molecule has 3 heteroatoms. The molecule has 0 spiro atoms. The number of hydrogen-bond acceptors (Lipinski definition) is 3. The summed E-state index contributed by atoms with van der Waals surface area (Å²) in [5, 5.41) is 0. The van der Waals surface area contributed by atoms with Crippen molar-refractivity contribution in [2.75, 3.05) is 13.2 Å². The maximum Gasteiger partial charge on any atom is 0.306 e. The molecular formula is C10H18O3. The lowest BCUT2D eigenvalue weighted by molar-refractivity contribution is -0.145. The lowest BCUT2D eigenvalue weighted by Crippen LogP contribution is -2.25. The maximum atomic E-state index is 11.2. The summed E-state index contributed by atoms with van der Waals surface area (Å²) in [4.78, 5) is 11.2. The monoisotopic (exact) mass is 186 g/mol. The van der Waals surface area contributed by atoms with E-state index in [2.05, 4.69) is 6.92 Å². The molecule has 76 valence electrons. The Bertz CT molecular complexity index is 168. The van der Waals surface area contributed by atoms with E-state index in [-0.39, 0.29) is 5.97 Å². The van der Waals surface area contributed by atoms with Crippen LogP contribution in [0.2, 0.25) is 0 Å². The summed E-state index contributed by atoms with van der Waals surface area (Å²) in [6, 6.07) is 0. The first-order chi connectivity index (χ1) is 6.22. The number of carbonyl (C=O) groups excluding carboxylic acids is 1. The zero-order chi connectivity index (χ0) is 9.68.